The SMILES string of the molecule is Cc1cc(I)ccc1NC(=O)C(C)n1c(-c2cccs2)n[nH]c1=S. The molecule has 8 heteroatoms. The Kier molecular flexibility index (Phi) is 5.16. The van der Waals surface area contributed by atoms with Crippen LogP contribution in [-0.2, 0) is 4.79 Å². The maximum absolute atomic E-state index is 12.7. The van der Waals surface area contributed by atoms with Gasteiger partial charge in [-0.1, -0.05) is 6.07 Å². The molecule has 2 aromatic heterocycles. The molecule has 0 aliphatic carbocycles. The summed E-state index contributed by atoms with van der Waals surface area (Å²) in [5, 5.41) is 12.0. The number of carbonyl (C=O) groups is 1. The van der Waals surface area contributed by atoms with E-state index in [1.54, 1.807) is 15.9 Å². The summed E-state index contributed by atoms with van der Waals surface area (Å²) in [6.07, 6.45) is 0. The fourth-order valence-electron chi connectivity index (χ4n) is 2.37. The fraction of sp³-hybridized carbons (Fsp3) is 0.188. The van der Waals surface area contributed by atoms with Crippen molar-refractivity contribution < 1.29 is 4.79 Å². The number of amides is 1. The minimum atomic E-state index is -0.480. The third-order valence-corrected chi connectivity index (χ3v) is 5.48. The number of nitrogens with zero attached hydrogens (tertiary/aromatic N) is 2. The summed E-state index contributed by atoms with van der Waals surface area (Å²) < 4.78 is 3.31. The number of aromatic amines is 1. The second-order valence-electron chi connectivity index (χ2n) is 5.32. The highest BCUT2D eigenvalue weighted by atomic mass is 127. The van der Waals surface area contributed by atoms with Crippen molar-refractivity contribution >= 4 is 57.7 Å². The molecule has 0 radical (unpaired) electrons. The molecule has 0 fully saturated rings. The molecule has 5 nitrogen and oxygen atoms in total. The predicted octanol–water partition coefficient (Wildman–Crippen LogP) is 4.78. The van der Waals surface area contributed by atoms with E-state index >= 15 is 0 Å². The predicted molar refractivity (Wildman–Crippen MR) is 108 cm³/mol. The quantitative estimate of drug-likeness (QED) is 0.426. The molecule has 0 bridgehead atoms. The number of hydrogen-bond donors (Lipinski definition) is 2. The molecule has 3 rings (SSSR count). The lowest BCUT2D eigenvalue weighted by molar-refractivity contribution is -0.118. The number of anilines is 1. The van der Waals surface area contributed by atoms with Crippen LogP contribution >= 0.6 is 46.1 Å². The summed E-state index contributed by atoms with van der Waals surface area (Å²) in [6, 6.07) is 9.33. The first kappa shape index (κ1) is 17.3. The average Bonchev–Trinajstić information content (AvgIpc) is 3.18. The van der Waals surface area contributed by atoms with Gasteiger partial charge in [-0.05, 0) is 83.9 Å². The molecule has 2 N–H and O–H groups in total. The molecule has 124 valence electrons. The van der Waals surface area contributed by atoms with Crippen molar-refractivity contribution in [3.05, 3.63) is 49.6 Å². The van der Waals surface area contributed by atoms with Crippen LogP contribution < -0.4 is 5.32 Å². The lowest BCUT2D eigenvalue weighted by atomic mass is 10.2. The maximum Gasteiger partial charge on any atom is 0.247 e. The van der Waals surface area contributed by atoms with E-state index in [0.29, 0.717) is 10.6 Å². The molecule has 0 spiro atoms. The van der Waals surface area contributed by atoms with Crippen molar-refractivity contribution in [1.29, 1.82) is 0 Å². The van der Waals surface area contributed by atoms with Gasteiger partial charge in [0.15, 0.2) is 10.6 Å². The van der Waals surface area contributed by atoms with Crippen LogP contribution in [0.4, 0.5) is 5.69 Å². The van der Waals surface area contributed by atoms with Gasteiger partial charge >= 0.3 is 0 Å². The second kappa shape index (κ2) is 7.16. The van der Waals surface area contributed by atoms with Crippen LogP contribution in [0.5, 0.6) is 0 Å². The number of halogens is 1. The molecule has 1 atom stereocenters. The lowest BCUT2D eigenvalue weighted by Crippen LogP contribution is -2.24. The fourth-order valence-corrected chi connectivity index (χ4v) is 4.01. The molecular formula is C16H15IN4OS2. The van der Waals surface area contributed by atoms with E-state index in [4.69, 9.17) is 12.2 Å². The average molecular weight is 470 g/mol. The van der Waals surface area contributed by atoms with Crippen molar-refractivity contribution in [2.45, 2.75) is 19.9 Å². The van der Waals surface area contributed by atoms with E-state index in [1.807, 2.05) is 49.6 Å². The van der Waals surface area contributed by atoms with Gasteiger partial charge in [0.05, 0.1) is 4.88 Å². The van der Waals surface area contributed by atoms with Gasteiger partial charge < -0.3 is 5.32 Å². The molecule has 2 heterocycles. The van der Waals surface area contributed by atoms with Crippen LogP contribution in [0, 0.1) is 15.3 Å². The highest BCUT2D eigenvalue weighted by Crippen LogP contribution is 2.26. The zero-order valence-electron chi connectivity index (χ0n) is 13.0. The number of nitrogens with one attached hydrogen (secondary N) is 2. The number of hydrogen-bond acceptors (Lipinski definition) is 4. The molecule has 0 saturated carbocycles. The maximum atomic E-state index is 12.7. The Morgan fingerprint density at radius 1 is 1.46 bits per heavy atom. The summed E-state index contributed by atoms with van der Waals surface area (Å²) in [6.45, 7) is 3.79. The van der Waals surface area contributed by atoms with Crippen molar-refractivity contribution in [1.82, 2.24) is 14.8 Å². The first-order valence-electron chi connectivity index (χ1n) is 7.25. The van der Waals surface area contributed by atoms with Crippen molar-refractivity contribution in [3.8, 4) is 10.7 Å². The van der Waals surface area contributed by atoms with Crippen molar-refractivity contribution in [3.63, 3.8) is 0 Å². The number of H-pyrrole nitrogens is 1. The zero-order chi connectivity index (χ0) is 17.3. The molecular weight excluding hydrogens is 455 g/mol. The molecule has 0 aliphatic rings. The summed E-state index contributed by atoms with van der Waals surface area (Å²) in [4.78, 5) is 13.7. The summed E-state index contributed by atoms with van der Waals surface area (Å²) >= 11 is 9.13. The van der Waals surface area contributed by atoms with Gasteiger partial charge in [0.1, 0.15) is 6.04 Å². The number of rotatable bonds is 4. The van der Waals surface area contributed by atoms with Gasteiger partial charge in [0.2, 0.25) is 5.91 Å². The molecule has 0 saturated heterocycles. The Balaban J connectivity index is 1.89. The second-order valence-corrected chi connectivity index (χ2v) is 7.90. The third kappa shape index (κ3) is 3.45. The molecule has 24 heavy (non-hydrogen) atoms. The Labute approximate surface area is 162 Å². The van der Waals surface area contributed by atoms with Crippen LogP contribution in [0.15, 0.2) is 35.7 Å². The smallest absolute Gasteiger partial charge is 0.247 e. The van der Waals surface area contributed by atoms with Gasteiger partial charge in [-0.3, -0.25) is 14.5 Å². The molecule has 1 unspecified atom stereocenters. The molecule has 1 amide bonds. The van der Waals surface area contributed by atoms with Crippen molar-refractivity contribution in [2.75, 3.05) is 5.32 Å². The minimum absolute atomic E-state index is 0.130. The van der Waals surface area contributed by atoms with Gasteiger partial charge in [-0.15, -0.1) is 11.3 Å². The Bertz CT molecular complexity index is 930. The number of aryl methyl sites for hydroxylation is 1. The third-order valence-electron chi connectivity index (χ3n) is 3.66. The van der Waals surface area contributed by atoms with E-state index in [1.165, 1.54) is 0 Å². The van der Waals surface area contributed by atoms with Gasteiger partial charge in [-0.2, -0.15) is 5.10 Å². The van der Waals surface area contributed by atoms with Crippen molar-refractivity contribution in [2.24, 2.45) is 0 Å². The zero-order valence-corrected chi connectivity index (χ0v) is 16.8. The first-order chi connectivity index (χ1) is 11.5. The lowest BCUT2D eigenvalue weighted by Gasteiger charge is -2.16. The molecule has 0 aliphatic heterocycles. The van der Waals surface area contributed by atoms with Gasteiger partial charge in [0.25, 0.3) is 0 Å². The van der Waals surface area contributed by atoms with Crippen LogP contribution in [0.1, 0.15) is 18.5 Å². The van der Waals surface area contributed by atoms with Crippen LogP contribution in [0.3, 0.4) is 0 Å². The number of thiophene rings is 1. The summed E-state index contributed by atoms with van der Waals surface area (Å²) in [5.74, 6) is 0.548. The Hall–Kier alpha value is -1.52. The minimum Gasteiger partial charge on any atom is -0.324 e. The first-order valence-corrected chi connectivity index (χ1v) is 9.62. The normalized spacial score (nSPS) is 12.1. The Morgan fingerprint density at radius 2 is 2.25 bits per heavy atom. The highest BCUT2D eigenvalue weighted by molar-refractivity contribution is 14.1. The standard InChI is InChI=1S/C16H15IN4OS2/c1-9-8-11(17)5-6-12(9)18-15(22)10(2)21-14(19-20-16(21)23)13-4-3-7-24-13/h3-8,10H,1-2H3,(H,18,22)(H,20,23). The molecule has 3 aromatic rings. The Morgan fingerprint density at radius 3 is 2.92 bits per heavy atom. The van der Waals surface area contributed by atoms with Crippen LogP contribution in [-0.4, -0.2) is 20.7 Å². The van der Waals surface area contributed by atoms with Gasteiger partial charge in [-0.25, -0.2) is 0 Å². The van der Waals surface area contributed by atoms with Crippen LogP contribution in [0.25, 0.3) is 10.7 Å². The van der Waals surface area contributed by atoms with E-state index in [-0.39, 0.29) is 5.91 Å². The summed E-state index contributed by atoms with van der Waals surface area (Å²) in [7, 11) is 0. The van der Waals surface area contributed by atoms with E-state index in [9.17, 15) is 4.79 Å². The molecule has 1 aromatic carbocycles. The van der Waals surface area contributed by atoms with E-state index in [0.717, 1.165) is 19.7 Å². The number of benzene rings is 1. The number of aromatic nitrogens is 3. The summed E-state index contributed by atoms with van der Waals surface area (Å²) in [5.41, 5.74) is 1.83. The highest BCUT2D eigenvalue weighted by Gasteiger charge is 2.21. The van der Waals surface area contributed by atoms with E-state index < -0.39 is 6.04 Å². The monoisotopic (exact) mass is 470 g/mol. The number of carbonyl (C=O) groups excluding carboxylic acids is 1. The largest absolute Gasteiger partial charge is 0.324 e. The van der Waals surface area contributed by atoms with Gasteiger partial charge in [0, 0.05) is 9.26 Å². The topological polar surface area (TPSA) is 62.7 Å². The van der Waals surface area contributed by atoms with Crippen LogP contribution in [0.2, 0.25) is 0 Å². The van der Waals surface area contributed by atoms with E-state index in [2.05, 4.69) is 38.1 Å².